The number of sulfonamides is 1. The maximum absolute atomic E-state index is 13.9. The summed E-state index contributed by atoms with van der Waals surface area (Å²) in [5.41, 5.74) is 1.45. The van der Waals surface area contributed by atoms with Crippen molar-refractivity contribution in [2.24, 2.45) is 0 Å². The first kappa shape index (κ1) is 19.2. The van der Waals surface area contributed by atoms with E-state index in [-0.39, 0.29) is 26.9 Å². The van der Waals surface area contributed by atoms with E-state index in [4.69, 9.17) is 9.26 Å². The highest BCUT2D eigenvalue weighted by molar-refractivity contribution is 9.10. The molecule has 0 atom stereocenters. The number of hydrogen-bond donors (Lipinski definition) is 1. The van der Waals surface area contributed by atoms with E-state index in [1.54, 1.807) is 6.92 Å². The minimum Gasteiger partial charge on any atom is -0.495 e. The van der Waals surface area contributed by atoms with Gasteiger partial charge in [0, 0.05) is 11.5 Å². The van der Waals surface area contributed by atoms with Crippen molar-refractivity contribution < 1.29 is 22.1 Å². The molecule has 0 bridgehead atoms. The van der Waals surface area contributed by atoms with Crippen molar-refractivity contribution in [2.45, 2.75) is 49.8 Å². The SMILES string of the molecule is COc1cc(Br)c(F)cc1S(=O)(=O)Nc1onc(C2CCCCC2)c1C. The molecule has 0 aliphatic heterocycles. The second-order valence-corrected chi connectivity index (χ2v) is 8.88. The number of hydrogen-bond acceptors (Lipinski definition) is 5. The maximum Gasteiger partial charge on any atom is 0.268 e. The Kier molecular flexibility index (Phi) is 5.57. The number of aromatic nitrogens is 1. The van der Waals surface area contributed by atoms with Gasteiger partial charge in [0.25, 0.3) is 10.0 Å². The third-order valence-electron chi connectivity index (χ3n) is 4.68. The van der Waals surface area contributed by atoms with Crippen molar-refractivity contribution in [3.8, 4) is 5.75 Å². The normalized spacial score (nSPS) is 15.8. The number of nitrogens with one attached hydrogen (secondary N) is 1. The first-order chi connectivity index (χ1) is 12.3. The molecule has 6 nitrogen and oxygen atoms in total. The fourth-order valence-corrected chi connectivity index (χ4v) is 4.79. The van der Waals surface area contributed by atoms with Crippen LogP contribution < -0.4 is 9.46 Å². The van der Waals surface area contributed by atoms with Crippen molar-refractivity contribution in [2.75, 3.05) is 11.8 Å². The molecule has 3 rings (SSSR count). The monoisotopic (exact) mass is 446 g/mol. The summed E-state index contributed by atoms with van der Waals surface area (Å²) in [4.78, 5) is -0.310. The van der Waals surface area contributed by atoms with E-state index in [2.05, 4.69) is 25.8 Å². The number of nitrogens with zero attached hydrogens (tertiary/aromatic N) is 1. The quantitative estimate of drug-likeness (QED) is 0.716. The van der Waals surface area contributed by atoms with Crippen molar-refractivity contribution in [3.05, 3.63) is 33.7 Å². The molecule has 0 amide bonds. The summed E-state index contributed by atoms with van der Waals surface area (Å²) in [6.45, 7) is 1.78. The van der Waals surface area contributed by atoms with Crippen LogP contribution in [0.2, 0.25) is 0 Å². The van der Waals surface area contributed by atoms with Gasteiger partial charge in [0.05, 0.1) is 17.3 Å². The Labute approximate surface area is 160 Å². The fraction of sp³-hybridized carbons (Fsp3) is 0.471. The van der Waals surface area contributed by atoms with Gasteiger partial charge in [-0.1, -0.05) is 24.4 Å². The van der Waals surface area contributed by atoms with E-state index in [9.17, 15) is 12.8 Å². The van der Waals surface area contributed by atoms with Crippen LogP contribution >= 0.6 is 15.9 Å². The van der Waals surface area contributed by atoms with E-state index < -0.39 is 15.8 Å². The molecule has 1 aliphatic rings. The van der Waals surface area contributed by atoms with E-state index in [1.807, 2.05) is 0 Å². The maximum atomic E-state index is 13.9. The van der Waals surface area contributed by atoms with Gasteiger partial charge in [-0.05, 0) is 47.8 Å². The highest BCUT2D eigenvalue weighted by Crippen LogP contribution is 2.37. The molecule has 1 aliphatic carbocycles. The molecule has 1 saturated carbocycles. The van der Waals surface area contributed by atoms with E-state index in [1.165, 1.54) is 19.6 Å². The van der Waals surface area contributed by atoms with Crippen molar-refractivity contribution >= 4 is 31.8 Å². The van der Waals surface area contributed by atoms with Gasteiger partial charge >= 0.3 is 0 Å². The summed E-state index contributed by atoms with van der Waals surface area (Å²) in [6, 6.07) is 2.17. The van der Waals surface area contributed by atoms with Crippen LogP contribution in [-0.2, 0) is 10.0 Å². The standard InChI is InChI=1S/C17H20BrFN2O4S/c1-10-16(11-6-4-3-5-7-11)20-25-17(10)21-26(22,23)15-9-13(19)12(18)8-14(15)24-2/h8-9,11,21H,3-7H2,1-2H3. The topological polar surface area (TPSA) is 81.4 Å². The Morgan fingerprint density at radius 2 is 2.00 bits per heavy atom. The molecule has 0 radical (unpaired) electrons. The molecule has 1 aromatic carbocycles. The van der Waals surface area contributed by atoms with Gasteiger partial charge in [-0.15, -0.1) is 0 Å². The zero-order valence-electron chi connectivity index (χ0n) is 14.5. The fourth-order valence-electron chi connectivity index (χ4n) is 3.26. The molecular weight excluding hydrogens is 427 g/mol. The molecule has 142 valence electrons. The molecule has 9 heteroatoms. The van der Waals surface area contributed by atoms with E-state index in [0.717, 1.165) is 37.4 Å². The van der Waals surface area contributed by atoms with Crippen LogP contribution in [0.15, 0.2) is 26.0 Å². The van der Waals surface area contributed by atoms with Crippen LogP contribution in [0, 0.1) is 12.7 Å². The second kappa shape index (κ2) is 7.56. The number of halogens is 2. The number of methoxy groups -OCH3 is 1. The molecule has 1 fully saturated rings. The third-order valence-corrected chi connectivity index (χ3v) is 6.63. The summed E-state index contributed by atoms with van der Waals surface area (Å²) < 4.78 is 52.1. The average molecular weight is 447 g/mol. The molecular formula is C17H20BrFN2O4S. The summed E-state index contributed by atoms with van der Waals surface area (Å²) in [5, 5.41) is 4.08. The van der Waals surface area contributed by atoms with Crippen molar-refractivity contribution in [1.29, 1.82) is 0 Å². The van der Waals surface area contributed by atoms with Crippen LogP contribution in [-0.4, -0.2) is 20.7 Å². The smallest absolute Gasteiger partial charge is 0.268 e. The van der Waals surface area contributed by atoms with Crippen LogP contribution in [0.3, 0.4) is 0 Å². The largest absolute Gasteiger partial charge is 0.495 e. The first-order valence-corrected chi connectivity index (χ1v) is 10.6. The second-order valence-electron chi connectivity index (χ2n) is 6.38. The Balaban J connectivity index is 1.91. The van der Waals surface area contributed by atoms with Crippen LogP contribution in [0.1, 0.15) is 49.3 Å². The Hall–Kier alpha value is -1.61. The summed E-state index contributed by atoms with van der Waals surface area (Å²) in [6.07, 6.45) is 5.51. The Morgan fingerprint density at radius 1 is 1.31 bits per heavy atom. The molecule has 0 saturated heterocycles. The van der Waals surface area contributed by atoms with Gasteiger partial charge in [-0.25, -0.2) is 17.5 Å². The predicted molar refractivity (Wildman–Crippen MR) is 98.5 cm³/mol. The Morgan fingerprint density at radius 3 is 2.65 bits per heavy atom. The molecule has 1 heterocycles. The van der Waals surface area contributed by atoms with Gasteiger partial charge in [0.1, 0.15) is 16.5 Å². The number of rotatable bonds is 5. The highest BCUT2D eigenvalue weighted by atomic mass is 79.9. The van der Waals surface area contributed by atoms with Crippen molar-refractivity contribution in [1.82, 2.24) is 5.16 Å². The summed E-state index contributed by atoms with van der Waals surface area (Å²) in [7, 11) is -2.79. The molecule has 1 N–H and O–H groups in total. The predicted octanol–water partition coefficient (Wildman–Crippen LogP) is 4.74. The summed E-state index contributed by atoms with van der Waals surface area (Å²) >= 11 is 3.01. The lowest BCUT2D eigenvalue weighted by Gasteiger charge is -2.19. The number of anilines is 1. The lowest BCUT2D eigenvalue weighted by molar-refractivity contribution is 0.387. The number of ether oxygens (including phenoxy) is 1. The summed E-state index contributed by atoms with van der Waals surface area (Å²) in [5.74, 6) is -0.347. The molecule has 1 aromatic heterocycles. The van der Waals surface area contributed by atoms with E-state index in [0.29, 0.717) is 5.56 Å². The highest BCUT2D eigenvalue weighted by Gasteiger charge is 2.28. The molecule has 2 aromatic rings. The van der Waals surface area contributed by atoms with Gasteiger partial charge in [-0.2, -0.15) is 0 Å². The zero-order valence-corrected chi connectivity index (χ0v) is 16.9. The van der Waals surface area contributed by atoms with Crippen molar-refractivity contribution in [3.63, 3.8) is 0 Å². The Bertz CT molecular complexity index is 908. The van der Waals surface area contributed by atoms with Crippen LogP contribution in [0.25, 0.3) is 0 Å². The minimum absolute atomic E-state index is 0.0236. The lowest BCUT2D eigenvalue weighted by Crippen LogP contribution is -2.15. The average Bonchev–Trinajstić information content (AvgIpc) is 2.97. The third kappa shape index (κ3) is 3.73. The van der Waals surface area contributed by atoms with E-state index >= 15 is 0 Å². The van der Waals surface area contributed by atoms with Crippen LogP contribution in [0.4, 0.5) is 10.3 Å². The molecule has 26 heavy (non-hydrogen) atoms. The lowest BCUT2D eigenvalue weighted by atomic mass is 9.86. The molecule has 0 unspecified atom stereocenters. The van der Waals surface area contributed by atoms with Gasteiger partial charge in [0.2, 0.25) is 5.88 Å². The molecule has 0 spiro atoms. The zero-order chi connectivity index (χ0) is 18.9. The minimum atomic E-state index is -4.10. The first-order valence-electron chi connectivity index (χ1n) is 8.35. The number of benzene rings is 1. The van der Waals surface area contributed by atoms with Crippen LogP contribution in [0.5, 0.6) is 5.75 Å². The van der Waals surface area contributed by atoms with Gasteiger partial charge in [-0.3, -0.25) is 0 Å². The van der Waals surface area contributed by atoms with Gasteiger partial charge < -0.3 is 9.26 Å². The van der Waals surface area contributed by atoms with Gasteiger partial charge in [0.15, 0.2) is 0 Å².